The monoisotopic (exact) mass is 392 g/mol. The minimum Gasteiger partial charge on any atom is -0.493 e. The van der Waals surface area contributed by atoms with Crippen LogP contribution >= 0.6 is 11.8 Å². The molecule has 26 heavy (non-hydrogen) atoms. The van der Waals surface area contributed by atoms with Crippen LogP contribution in [0.25, 0.3) is 0 Å². The van der Waals surface area contributed by atoms with Crippen molar-refractivity contribution < 1.29 is 13.2 Å². The molecule has 0 aliphatic carbocycles. The van der Waals surface area contributed by atoms with E-state index in [1.165, 1.54) is 4.31 Å². The maximum absolute atomic E-state index is 13.1. The Balaban J connectivity index is 1.83. The third-order valence-corrected chi connectivity index (χ3v) is 6.97. The molecule has 0 bridgehead atoms. The van der Waals surface area contributed by atoms with Gasteiger partial charge in [-0.15, -0.1) is 11.8 Å². The van der Waals surface area contributed by atoms with Gasteiger partial charge < -0.3 is 9.64 Å². The Bertz CT molecular complexity index is 839. The van der Waals surface area contributed by atoms with Crippen molar-refractivity contribution in [3.05, 3.63) is 48.5 Å². The van der Waals surface area contributed by atoms with Crippen LogP contribution in [0.5, 0.6) is 5.75 Å². The smallest absolute Gasteiger partial charge is 0.264 e. The maximum atomic E-state index is 13.1. The fraction of sp³-hybridized carbons (Fsp3) is 0.368. The number of thioether (sulfide) groups is 1. The Morgan fingerprint density at radius 2 is 1.92 bits per heavy atom. The lowest BCUT2D eigenvalue weighted by molar-refractivity contribution is 0.281. The van der Waals surface area contributed by atoms with Gasteiger partial charge in [0, 0.05) is 29.8 Å². The second kappa shape index (κ2) is 8.33. The van der Waals surface area contributed by atoms with Crippen molar-refractivity contribution in [3.8, 4) is 5.75 Å². The molecular formula is C19H24N2O3S2. The van der Waals surface area contributed by atoms with Crippen LogP contribution in [-0.2, 0) is 10.0 Å². The minimum atomic E-state index is -3.57. The molecule has 0 radical (unpaired) electrons. The summed E-state index contributed by atoms with van der Waals surface area (Å²) < 4.78 is 33.5. The van der Waals surface area contributed by atoms with Crippen molar-refractivity contribution in [1.29, 1.82) is 0 Å². The van der Waals surface area contributed by atoms with Gasteiger partial charge in [0.05, 0.1) is 17.2 Å². The molecule has 2 aromatic carbocycles. The number of rotatable bonds is 7. The van der Waals surface area contributed by atoms with Gasteiger partial charge in [-0.05, 0) is 44.8 Å². The third kappa shape index (κ3) is 4.34. The van der Waals surface area contributed by atoms with Gasteiger partial charge in [0.25, 0.3) is 10.0 Å². The molecule has 0 aromatic heterocycles. The fourth-order valence-corrected chi connectivity index (χ4v) is 5.45. The van der Waals surface area contributed by atoms with E-state index in [9.17, 15) is 8.42 Å². The largest absolute Gasteiger partial charge is 0.493 e. The molecule has 0 N–H and O–H groups in total. The summed E-state index contributed by atoms with van der Waals surface area (Å²) in [6.45, 7) is 2.02. The zero-order valence-corrected chi connectivity index (χ0v) is 16.7. The Morgan fingerprint density at radius 3 is 2.65 bits per heavy atom. The Kier molecular flexibility index (Phi) is 6.11. The highest BCUT2D eigenvalue weighted by Gasteiger charge is 2.29. The van der Waals surface area contributed by atoms with Crippen LogP contribution in [0.2, 0.25) is 0 Å². The summed E-state index contributed by atoms with van der Waals surface area (Å²) in [7, 11) is 0.490. The topological polar surface area (TPSA) is 49.9 Å². The highest BCUT2D eigenvalue weighted by molar-refractivity contribution is 8.00. The zero-order valence-electron chi connectivity index (χ0n) is 15.1. The number of hydrogen-bond donors (Lipinski definition) is 0. The van der Waals surface area contributed by atoms with Crippen LogP contribution < -0.4 is 9.04 Å². The number of anilines is 1. The van der Waals surface area contributed by atoms with E-state index in [2.05, 4.69) is 4.90 Å². The Hall–Kier alpha value is -1.70. The first kappa shape index (κ1) is 19.1. The van der Waals surface area contributed by atoms with Gasteiger partial charge >= 0.3 is 0 Å². The van der Waals surface area contributed by atoms with Crippen molar-refractivity contribution in [1.82, 2.24) is 4.90 Å². The number of sulfonamides is 1. The lowest BCUT2D eigenvalue weighted by Gasteiger charge is -2.30. The molecule has 0 unspecified atom stereocenters. The van der Waals surface area contributed by atoms with E-state index < -0.39 is 10.0 Å². The predicted molar refractivity (Wildman–Crippen MR) is 107 cm³/mol. The predicted octanol–water partition coefficient (Wildman–Crippen LogP) is 3.32. The van der Waals surface area contributed by atoms with Crippen molar-refractivity contribution in [2.75, 3.05) is 43.8 Å². The van der Waals surface area contributed by atoms with Crippen molar-refractivity contribution >= 4 is 27.5 Å². The lowest BCUT2D eigenvalue weighted by atomic mass is 10.3. The van der Waals surface area contributed by atoms with Crippen LogP contribution in [-0.4, -0.2) is 52.9 Å². The Morgan fingerprint density at radius 1 is 1.15 bits per heavy atom. The summed E-state index contributed by atoms with van der Waals surface area (Å²) in [5.41, 5.74) is 0.704. The van der Waals surface area contributed by atoms with E-state index in [1.807, 2.05) is 38.4 Å². The summed E-state index contributed by atoms with van der Waals surface area (Å²) in [5, 5.41) is 0. The molecule has 0 fully saturated rings. The maximum Gasteiger partial charge on any atom is 0.264 e. The molecule has 1 heterocycles. The fourth-order valence-electron chi connectivity index (χ4n) is 2.80. The normalized spacial score (nSPS) is 14.3. The number of fused-ring (bicyclic) bond motifs is 1. The van der Waals surface area contributed by atoms with E-state index >= 15 is 0 Å². The zero-order chi connectivity index (χ0) is 18.6. The summed E-state index contributed by atoms with van der Waals surface area (Å²) in [6, 6.07) is 14.3. The number of nitrogens with zero attached hydrogens (tertiary/aromatic N) is 2. The van der Waals surface area contributed by atoms with Gasteiger partial charge in [-0.1, -0.05) is 18.2 Å². The second-order valence-electron chi connectivity index (χ2n) is 6.37. The summed E-state index contributed by atoms with van der Waals surface area (Å²) >= 11 is 1.68. The SMILES string of the molecule is CN(C)CCCOc1ccc2c(c1)N(S(=O)(=O)c1ccccc1)CCS2. The number of benzene rings is 2. The van der Waals surface area contributed by atoms with Crippen LogP contribution in [0.4, 0.5) is 5.69 Å². The van der Waals surface area contributed by atoms with Crippen LogP contribution in [0.15, 0.2) is 58.3 Å². The molecule has 3 rings (SSSR count). The van der Waals surface area contributed by atoms with Crippen molar-refractivity contribution in [2.24, 2.45) is 0 Å². The summed E-state index contributed by atoms with van der Waals surface area (Å²) in [5.74, 6) is 1.44. The summed E-state index contributed by atoms with van der Waals surface area (Å²) in [4.78, 5) is 3.40. The Labute approximate surface area is 160 Å². The van der Waals surface area contributed by atoms with E-state index in [4.69, 9.17) is 4.74 Å². The van der Waals surface area contributed by atoms with Gasteiger partial charge in [0.15, 0.2) is 0 Å². The van der Waals surface area contributed by atoms with E-state index in [-0.39, 0.29) is 0 Å². The molecule has 1 aliphatic rings. The lowest BCUT2D eigenvalue weighted by Crippen LogP contribution is -2.35. The van der Waals surface area contributed by atoms with Gasteiger partial charge in [-0.3, -0.25) is 4.31 Å². The average Bonchev–Trinajstić information content (AvgIpc) is 2.65. The number of ether oxygens (including phenoxy) is 1. The molecule has 0 saturated heterocycles. The molecule has 2 aromatic rings. The summed E-state index contributed by atoms with van der Waals surface area (Å²) in [6.07, 6.45) is 0.921. The average molecular weight is 393 g/mol. The molecule has 7 heteroatoms. The molecular weight excluding hydrogens is 368 g/mol. The third-order valence-electron chi connectivity index (χ3n) is 4.10. The van der Waals surface area contributed by atoms with Gasteiger partial charge in [0.2, 0.25) is 0 Å². The first-order valence-corrected chi connectivity index (χ1v) is 11.0. The first-order chi connectivity index (χ1) is 12.5. The van der Waals surface area contributed by atoms with Gasteiger partial charge in [-0.2, -0.15) is 0 Å². The quantitative estimate of drug-likeness (QED) is 0.677. The molecule has 140 valence electrons. The van der Waals surface area contributed by atoms with Crippen LogP contribution in [0.3, 0.4) is 0 Å². The van der Waals surface area contributed by atoms with E-state index in [0.717, 1.165) is 23.6 Å². The molecule has 5 nitrogen and oxygen atoms in total. The molecule has 1 aliphatic heterocycles. The standard InChI is InChI=1S/C19H24N2O3S2/c1-20(2)11-6-13-24-16-9-10-19-18(15-16)21(12-14-25-19)26(22,23)17-7-4-3-5-8-17/h3-5,7-10,15H,6,11-14H2,1-2H3. The van der Waals surface area contributed by atoms with Gasteiger partial charge in [-0.25, -0.2) is 8.42 Å². The molecule has 0 saturated carbocycles. The first-order valence-electron chi connectivity index (χ1n) is 8.60. The highest BCUT2D eigenvalue weighted by Crippen LogP contribution is 2.39. The van der Waals surface area contributed by atoms with E-state index in [0.29, 0.717) is 29.5 Å². The van der Waals surface area contributed by atoms with Crippen LogP contribution in [0, 0.1) is 0 Å². The molecule has 0 spiro atoms. The van der Waals surface area contributed by atoms with E-state index in [1.54, 1.807) is 36.0 Å². The van der Waals surface area contributed by atoms with Gasteiger partial charge in [0.1, 0.15) is 5.75 Å². The molecule has 0 atom stereocenters. The van der Waals surface area contributed by atoms with Crippen molar-refractivity contribution in [3.63, 3.8) is 0 Å². The van der Waals surface area contributed by atoms with Crippen molar-refractivity contribution in [2.45, 2.75) is 16.2 Å². The molecule has 0 amide bonds. The highest BCUT2D eigenvalue weighted by atomic mass is 32.2. The second-order valence-corrected chi connectivity index (χ2v) is 9.37. The minimum absolute atomic E-state index is 0.315. The number of hydrogen-bond acceptors (Lipinski definition) is 5. The van der Waals surface area contributed by atoms with Crippen LogP contribution in [0.1, 0.15) is 6.42 Å².